The lowest BCUT2D eigenvalue weighted by Crippen LogP contribution is -2.38. The number of nitrogen functional groups attached to an aromatic ring is 1. The van der Waals surface area contributed by atoms with E-state index < -0.39 is 5.91 Å². The number of primary amides is 1. The number of amides is 2. The fraction of sp³-hybridized carbons (Fsp3) is 0.538. The summed E-state index contributed by atoms with van der Waals surface area (Å²) in [6.45, 7) is 4.14. The second-order valence-corrected chi connectivity index (χ2v) is 5.12. The van der Waals surface area contributed by atoms with Gasteiger partial charge in [0.05, 0.1) is 0 Å². The molecule has 1 fully saturated rings. The maximum absolute atomic E-state index is 11.4. The average molecular weight is 280 g/mol. The van der Waals surface area contributed by atoms with Gasteiger partial charge in [0.1, 0.15) is 5.76 Å². The topological polar surface area (TPSA) is 115 Å². The Bertz CT molecular complexity index is 504. The van der Waals surface area contributed by atoms with Crippen molar-refractivity contribution in [2.75, 3.05) is 13.1 Å². The van der Waals surface area contributed by atoms with Gasteiger partial charge in [-0.1, -0.05) is 0 Å². The average Bonchev–Trinajstić information content (AvgIpc) is 2.80. The van der Waals surface area contributed by atoms with Crippen molar-refractivity contribution < 1.29 is 14.0 Å². The molecule has 20 heavy (non-hydrogen) atoms. The number of likely N-dealkylation sites (tertiary alicyclic amines) is 1. The number of nitrogens with one attached hydrogen (secondary N) is 1. The first kappa shape index (κ1) is 14.5. The summed E-state index contributed by atoms with van der Waals surface area (Å²) in [6.07, 6.45) is 1.56. The van der Waals surface area contributed by atoms with Crippen LogP contribution in [0.25, 0.3) is 0 Å². The Kier molecular flexibility index (Phi) is 4.41. The molecule has 2 amide bonds. The molecule has 2 rings (SSSR count). The number of nitrogens with two attached hydrogens (primary N) is 2. The molecule has 0 bridgehead atoms. The normalized spacial score (nSPS) is 17.1. The molecule has 0 unspecified atom stereocenters. The van der Waals surface area contributed by atoms with Crippen LogP contribution in [0.15, 0.2) is 10.5 Å². The summed E-state index contributed by atoms with van der Waals surface area (Å²) in [5.41, 5.74) is 8.32. The monoisotopic (exact) mass is 280 g/mol. The highest BCUT2D eigenvalue weighted by Gasteiger charge is 2.24. The van der Waals surface area contributed by atoms with Crippen LogP contribution in [0.3, 0.4) is 0 Å². The highest BCUT2D eigenvalue weighted by molar-refractivity contribution is 5.91. The number of hydrogen-bond donors (Lipinski definition) is 3. The third kappa shape index (κ3) is 3.17. The quantitative estimate of drug-likeness (QED) is 0.404. The zero-order chi connectivity index (χ0) is 14.7. The summed E-state index contributed by atoms with van der Waals surface area (Å²) in [5, 5.41) is 0. The lowest BCUT2D eigenvalue weighted by Gasteiger charge is -2.30. The van der Waals surface area contributed by atoms with Gasteiger partial charge in [-0.25, -0.2) is 5.84 Å². The van der Waals surface area contributed by atoms with Crippen LogP contribution in [0.5, 0.6) is 0 Å². The number of carbonyl (C=O) groups is 2. The Morgan fingerprint density at radius 1 is 1.45 bits per heavy atom. The first-order valence-corrected chi connectivity index (χ1v) is 6.63. The van der Waals surface area contributed by atoms with Crippen LogP contribution in [0.2, 0.25) is 0 Å². The molecule has 0 radical (unpaired) electrons. The molecule has 7 heteroatoms. The minimum atomic E-state index is -0.438. The number of rotatable bonds is 4. The van der Waals surface area contributed by atoms with Crippen molar-refractivity contribution in [1.82, 2.24) is 10.3 Å². The second kappa shape index (κ2) is 6.06. The number of hydrazine groups is 1. The fourth-order valence-electron chi connectivity index (χ4n) is 2.48. The van der Waals surface area contributed by atoms with Crippen molar-refractivity contribution in [1.29, 1.82) is 0 Å². The molecule has 0 spiro atoms. The van der Waals surface area contributed by atoms with Crippen molar-refractivity contribution in [2.45, 2.75) is 26.3 Å². The molecule has 1 saturated heterocycles. The van der Waals surface area contributed by atoms with E-state index in [1.807, 2.05) is 12.3 Å². The van der Waals surface area contributed by atoms with Gasteiger partial charge in [0.15, 0.2) is 5.76 Å². The summed E-state index contributed by atoms with van der Waals surface area (Å²) < 4.78 is 5.38. The maximum atomic E-state index is 11.4. The molecule has 2 heterocycles. The molecule has 0 atom stereocenters. The lowest BCUT2D eigenvalue weighted by molar-refractivity contribution is -0.123. The van der Waals surface area contributed by atoms with Crippen molar-refractivity contribution in [3.63, 3.8) is 0 Å². The highest BCUT2D eigenvalue weighted by atomic mass is 16.4. The van der Waals surface area contributed by atoms with Crippen LogP contribution in [0.4, 0.5) is 0 Å². The molecule has 1 aliphatic rings. The zero-order valence-corrected chi connectivity index (χ0v) is 11.5. The number of aryl methyl sites for hydroxylation is 1. The molecule has 1 aromatic rings. The van der Waals surface area contributed by atoms with Gasteiger partial charge in [-0.2, -0.15) is 0 Å². The smallest absolute Gasteiger partial charge is 0.300 e. The van der Waals surface area contributed by atoms with Gasteiger partial charge in [0.2, 0.25) is 5.91 Å². The molecular weight excluding hydrogens is 260 g/mol. The van der Waals surface area contributed by atoms with E-state index in [0.29, 0.717) is 12.3 Å². The minimum Gasteiger partial charge on any atom is -0.456 e. The van der Waals surface area contributed by atoms with Gasteiger partial charge >= 0.3 is 5.91 Å². The third-order valence-corrected chi connectivity index (χ3v) is 3.76. The van der Waals surface area contributed by atoms with Crippen LogP contribution >= 0.6 is 0 Å². The molecule has 7 nitrogen and oxygen atoms in total. The van der Waals surface area contributed by atoms with E-state index in [0.717, 1.165) is 31.5 Å². The van der Waals surface area contributed by atoms with E-state index in [1.165, 1.54) is 0 Å². The van der Waals surface area contributed by atoms with E-state index in [2.05, 4.69) is 4.90 Å². The Morgan fingerprint density at radius 2 is 2.10 bits per heavy atom. The molecular formula is C13H20N4O3. The molecule has 0 saturated carbocycles. The van der Waals surface area contributed by atoms with Gasteiger partial charge < -0.3 is 10.2 Å². The third-order valence-electron chi connectivity index (χ3n) is 3.76. The number of hydrogen-bond acceptors (Lipinski definition) is 5. The predicted molar refractivity (Wildman–Crippen MR) is 72.3 cm³/mol. The van der Waals surface area contributed by atoms with Crippen LogP contribution in [0, 0.1) is 12.8 Å². The van der Waals surface area contributed by atoms with Crippen LogP contribution < -0.4 is 17.0 Å². The first-order chi connectivity index (χ1) is 9.51. The predicted octanol–water partition coefficient (Wildman–Crippen LogP) is -0.111. The Labute approximate surface area is 117 Å². The molecule has 1 aliphatic heterocycles. The number of furan rings is 1. The SMILES string of the molecule is Cc1oc(C(=O)NN)cc1CN1CCC(C(N)=O)CC1. The van der Waals surface area contributed by atoms with E-state index in [1.54, 1.807) is 6.07 Å². The Hall–Kier alpha value is -1.86. The summed E-state index contributed by atoms with van der Waals surface area (Å²) in [6, 6.07) is 1.71. The molecule has 0 aromatic carbocycles. The molecule has 0 aliphatic carbocycles. The number of piperidine rings is 1. The van der Waals surface area contributed by atoms with Gasteiger partial charge in [0.25, 0.3) is 0 Å². The van der Waals surface area contributed by atoms with Crippen molar-refractivity contribution in [3.05, 3.63) is 23.2 Å². The number of nitrogens with zero attached hydrogens (tertiary/aromatic N) is 1. The standard InChI is InChI=1S/C13H20N4O3/c1-8-10(6-11(20-8)13(19)16-15)7-17-4-2-9(3-5-17)12(14)18/h6,9H,2-5,7,15H2,1H3,(H2,14,18)(H,16,19). The van der Waals surface area contributed by atoms with E-state index >= 15 is 0 Å². The second-order valence-electron chi connectivity index (χ2n) is 5.12. The Morgan fingerprint density at radius 3 is 2.65 bits per heavy atom. The number of carbonyl (C=O) groups excluding carboxylic acids is 2. The van der Waals surface area contributed by atoms with E-state index in [9.17, 15) is 9.59 Å². The largest absolute Gasteiger partial charge is 0.456 e. The molecule has 5 N–H and O–H groups in total. The van der Waals surface area contributed by atoms with Crippen molar-refractivity contribution in [2.24, 2.45) is 17.5 Å². The first-order valence-electron chi connectivity index (χ1n) is 6.63. The van der Waals surface area contributed by atoms with E-state index in [4.69, 9.17) is 16.0 Å². The van der Waals surface area contributed by atoms with Crippen molar-refractivity contribution in [3.8, 4) is 0 Å². The highest BCUT2D eigenvalue weighted by Crippen LogP contribution is 2.21. The summed E-state index contributed by atoms with van der Waals surface area (Å²) >= 11 is 0. The van der Waals surface area contributed by atoms with Gasteiger partial charge in [-0.15, -0.1) is 0 Å². The maximum Gasteiger partial charge on any atom is 0.300 e. The Balaban J connectivity index is 1.96. The van der Waals surface area contributed by atoms with Crippen LogP contribution in [0.1, 0.15) is 34.7 Å². The van der Waals surface area contributed by atoms with Crippen LogP contribution in [-0.4, -0.2) is 29.8 Å². The van der Waals surface area contributed by atoms with E-state index in [-0.39, 0.29) is 17.6 Å². The fourth-order valence-corrected chi connectivity index (χ4v) is 2.48. The lowest BCUT2D eigenvalue weighted by atomic mass is 9.96. The molecule has 110 valence electrons. The van der Waals surface area contributed by atoms with Crippen LogP contribution in [-0.2, 0) is 11.3 Å². The summed E-state index contributed by atoms with van der Waals surface area (Å²) in [4.78, 5) is 24.7. The van der Waals surface area contributed by atoms with Gasteiger partial charge in [0, 0.05) is 18.0 Å². The van der Waals surface area contributed by atoms with Crippen molar-refractivity contribution >= 4 is 11.8 Å². The summed E-state index contributed by atoms with van der Waals surface area (Å²) in [5.74, 6) is 5.33. The summed E-state index contributed by atoms with van der Waals surface area (Å²) in [7, 11) is 0. The minimum absolute atomic E-state index is 0.0183. The van der Waals surface area contributed by atoms with Gasteiger partial charge in [-0.3, -0.25) is 19.9 Å². The molecule has 1 aromatic heterocycles. The van der Waals surface area contributed by atoms with Gasteiger partial charge in [-0.05, 0) is 38.9 Å². The zero-order valence-electron chi connectivity index (χ0n) is 11.5.